The fraction of sp³-hybridized carbons (Fsp3) is 0.500. The van der Waals surface area contributed by atoms with Crippen LogP contribution in [-0.4, -0.2) is 44.2 Å². The molecular formula is C14H17N3O3S. The maximum Gasteiger partial charge on any atom is 0.327 e. The monoisotopic (exact) mass is 307 g/mol. The van der Waals surface area contributed by atoms with E-state index in [0.717, 1.165) is 18.4 Å². The van der Waals surface area contributed by atoms with Crippen molar-refractivity contribution in [2.75, 3.05) is 11.1 Å². The van der Waals surface area contributed by atoms with E-state index in [4.69, 9.17) is 0 Å². The number of hydrogen-bond donors (Lipinski definition) is 2. The van der Waals surface area contributed by atoms with Crippen molar-refractivity contribution >= 4 is 29.4 Å². The number of pyridine rings is 1. The lowest BCUT2D eigenvalue weighted by Crippen LogP contribution is -2.48. The quantitative estimate of drug-likeness (QED) is 0.894. The molecule has 112 valence electrons. The minimum Gasteiger partial charge on any atom is -0.480 e. The number of rotatable bonds is 3. The smallest absolute Gasteiger partial charge is 0.327 e. The van der Waals surface area contributed by atoms with Gasteiger partial charge in [0, 0.05) is 11.9 Å². The highest BCUT2D eigenvalue weighted by Gasteiger charge is 2.48. The molecule has 0 aromatic carbocycles. The Kier molecular flexibility index (Phi) is 3.75. The largest absolute Gasteiger partial charge is 0.480 e. The normalized spacial score (nSPS) is 24.9. The van der Waals surface area contributed by atoms with Crippen molar-refractivity contribution in [3.05, 3.63) is 24.0 Å². The highest BCUT2D eigenvalue weighted by molar-refractivity contribution is 8.00. The number of aromatic nitrogens is 1. The van der Waals surface area contributed by atoms with Gasteiger partial charge in [0.2, 0.25) is 0 Å². The Hall–Kier alpha value is -1.76. The van der Waals surface area contributed by atoms with E-state index in [-0.39, 0.29) is 11.4 Å². The van der Waals surface area contributed by atoms with Gasteiger partial charge in [0.1, 0.15) is 6.04 Å². The first-order valence-electron chi connectivity index (χ1n) is 6.92. The number of carboxylic acids is 1. The first-order chi connectivity index (χ1) is 10.1. The van der Waals surface area contributed by atoms with Crippen LogP contribution in [0.1, 0.15) is 18.4 Å². The van der Waals surface area contributed by atoms with Crippen LogP contribution < -0.4 is 5.32 Å². The molecule has 2 fully saturated rings. The number of carbonyl (C=O) groups excluding carboxylic acids is 1. The molecule has 2 N–H and O–H groups in total. The third-order valence-electron chi connectivity index (χ3n) is 3.86. The summed E-state index contributed by atoms with van der Waals surface area (Å²) >= 11 is 1.57. The average molecular weight is 307 g/mol. The second-order valence-electron chi connectivity index (χ2n) is 5.44. The summed E-state index contributed by atoms with van der Waals surface area (Å²) in [4.78, 5) is 29.4. The molecule has 2 amide bonds. The fourth-order valence-electron chi connectivity index (χ4n) is 2.49. The van der Waals surface area contributed by atoms with Crippen molar-refractivity contribution in [1.82, 2.24) is 9.88 Å². The van der Waals surface area contributed by atoms with Gasteiger partial charge in [0.15, 0.2) is 0 Å². The third-order valence-corrected chi connectivity index (χ3v) is 5.32. The number of carboxylic acid groups (broad SMARTS) is 1. The molecule has 1 aliphatic heterocycles. The third kappa shape index (κ3) is 2.83. The number of aryl methyl sites for hydroxylation is 1. The van der Waals surface area contributed by atoms with Gasteiger partial charge in [-0.3, -0.25) is 9.88 Å². The summed E-state index contributed by atoms with van der Waals surface area (Å²) in [6.07, 6.45) is 5.38. The average Bonchev–Trinajstić information content (AvgIpc) is 3.19. The van der Waals surface area contributed by atoms with E-state index in [2.05, 4.69) is 10.3 Å². The van der Waals surface area contributed by atoms with Crippen LogP contribution in [0.25, 0.3) is 0 Å². The van der Waals surface area contributed by atoms with Gasteiger partial charge < -0.3 is 10.4 Å². The number of aliphatic carboxylic acids is 1. The SMILES string of the molecule is Cc1ccncc1NC(=O)N1C(C(=O)O)CSC1C1CC1. The Morgan fingerprint density at radius 1 is 1.48 bits per heavy atom. The van der Waals surface area contributed by atoms with Gasteiger partial charge in [-0.2, -0.15) is 0 Å². The Balaban J connectivity index is 1.79. The van der Waals surface area contributed by atoms with Crippen molar-refractivity contribution in [2.24, 2.45) is 5.92 Å². The molecule has 1 saturated heterocycles. The number of nitrogens with zero attached hydrogens (tertiary/aromatic N) is 2. The highest BCUT2D eigenvalue weighted by atomic mass is 32.2. The van der Waals surface area contributed by atoms with Gasteiger partial charge in [-0.15, -0.1) is 11.8 Å². The Morgan fingerprint density at radius 3 is 2.86 bits per heavy atom. The van der Waals surface area contributed by atoms with Crippen molar-refractivity contribution < 1.29 is 14.7 Å². The van der Waals surface area contributed by atoms with Crippen molar-refractivity contribution in [3.8, 4) is 0 Å². The molecule has 0 radical (unpaired) electrons. The van der Waals surface area contributed by atoms with Crippen molar-refractivity contribution in [2.45, 2.75) is 31.2 Å². The van der Waals surface area contributed by atoms with E-state index >= 15 is 0 Å². The van der Waals surface area contributed by atoms with E-state index in [1.807, 2.05) is 6.92 Å². The molecular weight excluding hydrogens is 290 g/mol. The summed E-state index contributed by atoms with van der Waals surface area (Å²) in [5.74, 6) is -0.0561. The lowest BCUT2D eigenvalue weighted by molar-refractivity contribution is -0.141. The maximum absolute atomic E-state index is 12.5. The summed E-state index contributed by atoms with van der Waals surface area (Å²) in [5, 5.41) is 12.1. The number of nitrogens with one attached hydrogen (secondary N) is 1. The van der Waals surface area contributed by atoms with Crippen LogP contribution in [0.2, 0.25) is 0 Å². The van der Waals surface area contributed by atoms with E-state index < -0.39 is 12.0 Å². The van der Waals surface area contributed by atoms with E-state index in [9.17, 15) is 14.7 Å². The van der Waals surface area contributed by atoms with Crippen LogP contribution in [-0.2, 0) is 4.79 Å². The molecule has 0 spiro atoms. The number of amides is 2. The van der Waals surface area contributed by atoms with Gasteiger partial charge in [-0.05, 0) is 37.3 Å². The van der Waals surface area contributed by atoms with Gasteiger partial charge >= 0.3 is 12.0 Å². The van der Waals surface area contributed by atoms with Crippen LogP contribution in [0.5, 0.6) is 0 Å². The van der Waals surface area contributed by atoms with Crippen LogP contribution >= 0.6 is 11.8 Å². The molecule has 2 unspecified atom stereocenters. The summed E-state index contributed by atoms with van der Waals surface area (Å²) < 4.78 is 0. The highest BCUT2D eigenvalue weighted by Crippen LogP contribution is 2.45. The zero-order valence-electron chi connectivity index (χ0n) is 11.7. The summed E-state index contributed by atoms with van der Waals surface area (Å²) in [7, 11) is 0. The molecule has 1 aromatic rings. The summed E-state index contributed by atoms with van der Waals surface area (Å²) in [5.41, 5.74) is 1.53. The number of thioether (sulfide) groups is 1. The van der Waals surface area contributed by atoms with E-state index in [1.165, 1.54) is 4.90 Å². The zero-order valence-corrected chi connectivity index (χ0v) is 12.5. The molecule has 1 aliphatic carbocycles. The molecule has 21 heavy (non-hydrogen) atoms. The molecule has 2 heterocycles. The Labute approximate surface area is 126 Å². The van der Waals surface area contributed by atoms with Gasteiger partial charge in [0.25, 0.3) is 0 Å². The minimum absolute atomic E-state index is 0.0249. The van der Waals surface area contributed by atoms with Crippen molar-refractivity contribution in [3.63, 3.8) is 0 Å². The number of hydrogen-bond acceptors (Lipinski definition) is 4. The second kappa shape index (κ2) is 5.55. The standard InChI is InChI=1S/C14H17N3O3S/c1-8-4-5-15-6-10(8)16-14(20)17-11(13(18)19)7-21-12(17)9-2-3-9/h4-6,9,11-12H,2-3,7H2,1H3,(H,16,20)(H,18,19). The molecule has 2 atom stereocenters. The molecule has 0 bridgehead atoms. The van der Waals surface area contributed by atoms with Crippen LogP contribution in [0.3, 0.4) is 0 Å². The van der Waals surface area contributed by atoms with Gasteiger partial charge in [-0.25, -0.2) is 9.59 Å². The first-order valence-corrected chi connectivity index (χ1v) is 7.97. The van der Waals surface area contributed by atoms with E-state index in [0.29, 0.717) is 17.4 Å². The fourth-order valence-corrected chi connectivity index (χ4v) is 4.12. The number of urea groups is 1. The van der Waals surface area contributed by atoms with Crippen LogP contribution in [0, 0.1) is 12.8 Å². The predicted octanol–water partition coefficient (Wildman–Crippen LogP) is 2.16. The molecule has 1 saturated carbocycles. The summed E-state index contributed by atoms with van der Waals surface area (Å²) in [6, 6.07) is 0.708. The lowest BCUT2D eigenvalue weighted by atomic mass is 10.2. The molecule has 3 rings (SSSR count). The van der Waals surface area contributed by atoms with Gasteiger partial charge in [0.05, 0.1) is 17.3 Å². The maximum atomic E-state index is 12.5. The molecule has 2 aliphatic rings. The van der Waals surface area contributed by atoms with Crippen LogP contribution in [0.15, 0.2) is 18.5 Å². The molecule has 1 aromatic heterocycles. The second-order valence-corrected chi connectivity index (χ2v) is 6.59. The Bertz CT molecular complexity index is 576. The molecule has 6 nitrogen and oxygen atoms in total. The molecule has 7 heteroatoms. The summed E-state index contributed by atoms with van der Waals surface area (Å²) in [6.45, 7) is 1.88. The number of anilines is 1. The lowest BCUT2D eigenvalue weighted by Gasteiger charge is -2.27. The van der Waals surface area contributed by atoms with Crippen molar-refractivity contribution in [1.29, 1.82) is 0 Å². The number of carbonyl (C=O) groups is 2. The topological polar surface area (TPSA) is 82.5 Å². The van der Waals surface area contributed by atoms with Gasteiger partial charge in [-0.1, -0.05) is 0 Å². The predicted molar refractivity (Wildman–Crippen MR) is 80.2 cm³/mol. The zero-order chi connectivity index (χ0) is 15.0. The van der Waals surface area contributed by atoms with E-state index in [1.54, 1.807) is 30.2 Å². The Morgan fingerprint density at radius 2 is 2.24 bits per heavy atom. The first kappa shape index (κ1) is 14.2. The van der Waals surface area contributed by atoms with Crippen LogP contribution in [0.4, 0.5) is 10.5 Å². The minimum atomic E-state index is -0.941.